The summed E-state index contributed by atoms with van der Waals surface area (Å²) in [7, 11) is 0. The molecule has 0 radical (unpaired) electrons. The van der Waals surface area contributed by atoms with Gasteiger partial charge in [0.2, 0.25) is 5.91 Å². The summed E-state index contributed by atoms with van der Waals surface area (Å²) in [6, 6.07) is 0. The van der Waals surface area contributed by atoms with Gasteiger partial charge >= 0.3 is 0 Å². The maximum absolute atomic E-state index is 12.1. The SMILES string of the molecule is CC(C)c1c(NN)ncnc1N1CC(=O)NC(=O)C1(C)C. The zero-order chi connectivity index (χ0) is 15.8. The third-order valence-corrected chi connectivity index (χ3v) is 3.62. The molecular weight excluding hydrogens is 272 g/mol. The van der Waals surface area contributed by atoms with Crippen molar-refractivity contribution in [1.29, 1.82) is 0 Å². The van der Waals surface area contributed by atoms with Crippen molar-refractivity contribution in [3.8, 4) is 0 Å². The summed E-state index contributed by atoms with van der Waals surface area (Å²) in [5.41, 5.74) is 2.43. The average molecular weight is 292 g/mol. The number of imide groups is 1. The van der Waals surface area contributed by atoms with Crippen LogP contribution in [-0.2, 0) is 9.59 Å². The summed E-state index contributed by atoms with van der Waals surface area (Å²) >= 11 is 0. The fourth-order valence-electron chi connectivity index (χ4n) is 2.37. The molecule has 2 amide bonds. The molecule has 8 heteroatoms. The quantitative estimate of drug-likeness (QED) is 0.412. The van der Waals surface area contributed by atoms with Crippen LogP contribution >= 0.6 is 0 Å². The largest absolute Gasteiger partial charge is 0.333 e. The number of rotatable bonds is 3. The van der Waals surface area contributed by atoms with Gasteiger partial charge in [0.25, 0.3) is 5.91 Å². The Morgan fingerprint density at radius 1 is 1.38 bits per heavy atom. The number of carbonyl (C=O) groups excluding carboxylic acids is 2. The highest BCUT2D eigenvalue weighted by atomic mass is 16.2. The predicted molar refractivity (Wildman–Crippen MR) is 78.5 cm³/mol. The normalized spacial score (nSPS) is 17.9. The average Bonchev–Trinajstić information content (AvgIpc) is 2.42. The van der Waals surface area contributed by atoms with Crippen molar-refractivity contribution >= 4 is 23.5 Å². The van der Waals surface area contributed by atoms with Crippen molar-refractivity contribution in [2.24, 2.45) is 5.84 Å². The van der Waals surface area contributed by atoms with E-state index in [1.54, 1.807) is 18.7 Å². The first-order chi connectivity index (χ1) is 9.78. The summed E-state index contributed by atoms with van der Waals surface area (Å²) in [5, 5.41) is 2.34. The molecule has 2 heterocycles. The summed E-state index contributed by atoms with van der Waals surface area (Å²) in [6.07, 6.45) is 1.36. The first kappa shape index (κ1) is 15.2. The van der Waals surface area contributed by atoms with Crippen LogP contribution < -0.4 is 21.5 Å². The fraction of sp³-hybridized carbons (Fsp3) is 0.538. The smallest absolute Gasteiger partial charge is 0.251 e. The van der Waals surface area contributed by atoms with Crippen molar-refractivity contribution in [2.75, 3.05) is 16.9 Å². The van der Waals surface area contributed by atoms with Crippen molar-refractivity contribution in [3.05, 3.63) is 11.9 Å². The number of nitrogens with one attached hydrogen (secondary N) is 2. The van der Waals surface area contributed by atoms with Gasteiger partial charge in [-0.3, -0.25) is 14.9 Å². The number of hydrogen-bond acceptors (Lipinski definition) is 7. The molecule has 1 aliphatic rings. The van der Waals surface area contributed by atoms with Crippen LogP contribution in [0.1, 0.15) is 39.2 Å². The second kappa shape index (κ2) is 5.28. The number of aromatic nitrogens is 2. The number of anilines is 2. The van der Waals surface area contributed by atoms with E-state index in [4.69, 9.17) is 5.84 Å². The Morgan fingerprint density at radius 2 is 2.05 bits per heavy atom. The number of hydrogen-bond donors (Lipinski definition) is 3. The van der Waals surface area contributed by atoms with Crippen molar-refractivity contribution in [2.45, 2.75) is 39.2 Å². The summed E-state index contributed by atoms with van der Waals surface area (Å²) in [6.45, 7) is 7.50. The fourth-order valence-corrected chi connectivity index (χ4v) is 2.37. The molecule has 0 bridgehead atoms. The number of nitrogens with two attached hydrogens (primary N) is 1. The van der Waals surface area contributed by atoms with E-state index in [1.165, 1.54) is 6.33 Å². The van der Waals surface area contributed by atoms with E-state index < -0.39 is 5.54 Å². The Hall–Kier alpha value is -2.22. The Balaban J connectivity index is 2.59. The van der Waals surface area contributed by atoms with E-state index in [2.05, 4.69) is 20.7 Å². The summed E-state index contributed by atoms with van der Waals surface area (Å²) in [4.78, 5) is 33.9. The molecule has 0 aliphatic carbocycles. The van der Waals surface area contributed by atoms with Crippen LogP contribution in [0.5, 0.6) is 0 Å². The van der Waals surface area contributed by atoms with Gasteiger partial charge in [-0.05, 0) is 19.8 Å². The van der Waals surface area contributed by atoms with E-state index in [0.29, 0.717) is 11.6 Å². The molecule has 1 saturated heterocycles. The minimum Gasteiger partial charge on any atom is -0.333 e. The van der Waals surface area contributed by atoms with E-state index in [9.17, 15) is 9.59 Å². The molecule has 4 N–H and O–H groups in total. The molecular formula is C13H20N6O2. The lowest BCUT2D eigenvalue weighted by Gasteiger charge is -2.42. The van der Waals surface area contributed by atoms with Crippen LogP contribution in [0.2, 0.25) is 0 Å². The highest BCUT2D eigenvalue weighted by Crippen LogP contribution is 2.34. The number of hydrazine groups is 1. The van der Waals surface area contributed by atoms with Gasteiger partial charge in [-0.2, -0.15) is 0 Å². The van der Waals surface area contributed by atoms with Crippen LogP contribution in [0.3, 0.4) is 0 Å². The van der Waals surface area contributed by atoms with E-state index >= 15 is 0 Å². The summed E-state index contributed by atoms with van der Waals surface area (Å²) in [5.74, 6) is 5.90. The van der Waals surface area contributed by atoms with Gasteiger partial charge in [-0.25, -0.2) is 15.8 Å². The van der Waals surface area contributed by atoms with Crippen LogP contribution in [0.25, 0.3) is 0 Å². The van der Waals surface area contributed by atoms with Gasteiger partial charge in [0.05, 0.1) is 6.54 Å². The number of nitrogen functional groups attached to an aromatic ring is 1. The Bertz CT molecular complexity index is 584. The zero-order valence-electron chi connectivity index (χ0n) is 12.6. The summed E-state index contributed by atoms with van der Waals surface area (Å²) < 4.78 is 0. The number of piperazine rings is 1. The second-order valence-corrected chi connectivity index (χ2v) is 5.78. The molecule has 0 saturated carbocycles. The maximum Gasteiger partial charge on any atom is 0.251 e. The van der Waals surface area contributed by atoms with Gasteiger partial charge < -0.3 is 10.3 Å². The molecule has 1 aromatic heterocycles. The predicted octanol–water partition coefficient (Wildman–Crippen LogP) is 0.127. The zero-order valence-corrected chi connectivity index (χ0v) is 12.6. The molecule has 0 unspecified atom stereocenters. The lowest BCUT2D eigenvalue weighted by Crippen LogP contribution is -2.64. The Morgan fingerprint density at radius 3 is 2.62 bits per heavy atom. The highest BCUT2D eigenvalue weighted by Gasteiger charge is 2.42. The van der Waals surface area contributed by atoms with Gasteiger partial charge in [0.1, 0.15) is 23.5 Å². The minimum atomic E-state index is -0.891. The topological polar surface area (TPSA) is 113 Å². The highest BCUT2D eigenvalue weighted by molar-refractivity contribution is 6.06. The first-order valence-corrected chi connectivity index (χ1v) is 6.72. The van der Waals surface area contributed by atoms with Gasteiger partial charge in [0.15, 0.2) is 0 Å². The molecule has 0 aromatic carbocycles. The van der Waals surface area contributed by atoms with Crippen molar-refractivity contribution in [3.63, 3.8) is 0 Å². The van der Waals surface area contributed by atoms with E-state index in [1.807, 2.05) is 13.8 Å². The second-order valence-electron chi connectivity index (χ2n) is 5.78. The lowest BCUT2D eigenvalue weighted by molar-refractivity contribution is -0.135. The van der Waals surface area contributed by atoms with Gasteiger partial charge in [0, 0.05) is 5.56 Å². The Kier molecular flexibility index (Phi) is 3.82. The van der Waals surface area contributed by atoms with Crippen LogP contribution in [0.4, 0.5) is 11.6 Å². The molecule has 0 spiro atoms. The first-order valence-electron chi connectivity index (χ1n) is 6.72. The van der Waals surface area contributed by atoms with Crippen molar-refractivity contribution in [1.82, 2.24) is 15.3 Å². The molecule has 8 nitrogen and oxygen atoms in total. The monoisotopic (exact) mass is 292 g/mol. The molecule has 21 heavy (non-hydrogen) atoms. The third kappa shape index (κ3) is 2.54. The number of nitrogens with zero attached hydrogens (tertiary/aromatic N) is 3. The molecule has 114 valence electrons. The molecule has 1 aromatic rings. The third-order valence-electron chi connectivity index (χ3n) is 3.62. The molecule has 0 atom stereocenters. The minimum absolute atomic E-state index is 0.0550. The van der Waals surface area contributed by atoms with Crippen LogP contribution in [0, 0.1) is 0 Å². The van der Waals surface area contributed by atoms with E-state index in [-0.39, 0.29) is 24.3 Å². The maximum atomic E-state index is 12.1. The van der Waals surface area contributed by atoms with Crippen LogP contribution in [-0.4, -0.2) is 33.9 Å². The van der Waals surface area contributed by atoms with Gasteiger partial charge in [-0.1, -0.05) is 13.8 Å². The van der Waals surface area contributed by atoms with Crippen molar-refractivity contribution < 1.29 is 9.59 Å². The van der Waals surface area contributed by atoms with Crippen LogP contribution in [0.15, 0.2) is 6.33 Å². The van der Waals surface area contributed by atoms with E-state index in [0.717, 1.165) is 5.56 Å². The van der Waals surface area contributed by atoms with Gasteiger partial charge in [-0.15, -0.1) is 0 Å². The molecule has 2 rings (SSSR count). The standard InChI is InChI=1S/C13H20N6O2/c1-7(2)9-10(18-14)15-6-16-11(9)19-5-8(20)17-12(21)13(19,3)4/h6-7H,5,14H2,1-4H3,(H,15,16,18)(H,17,20,21). The molecule has 1 fully saturated rings. The Labute approximate surface area is 123 Å². The number of carbonyl (C=O) groups is 2. The number of amides is 2. The lowest BCUT2D eigenvalue weighted by atomic mass is 9.96. The molecule has 1 aliphatic heterocycles.